The number of hydrogen-bond acceptors (Lipinski definition) is 4. The first-order chi connectivity index (χ1) is 23.8. The molecule has 0 bridgehead atoms. The molecular weight excluding hydrogens is 631 g/mol. The first-order valence-electron chi connectivity index (χ1n) is 20.7. The Labute approximate surface area is 304 Å². The van der Waals surface area contributed by atoms with Crippen molar-refractivity contribution in [3.8, 4) is 0 Å². The number of carbonyl (C=O) groups excluding carboxylic acids is 1. The summed E-state index contributed by atoms with van der Waals surface area (Å²) in [4.78, 5) is 12.5. The van der Waals surface area contributed by atoms with Gasteiger partial charge >= 0.3 is 0 Å². The summed E-state index contributed by atoms with van der Waals surface area (Å²) in [6.07, 6.45) is 47.0. The highest BCUT2D eigenvalue weighted by atomic mass is 32.2. The SMILES string of the molecule is CCCCCCC/C=C/CC/C=C/CC/C=C/C(O)C(CS(=O)(=O)O)NC(=O)CCCCCCCCCCCCCCCCCCCCC. The molecule has 3 N–H and O–H groups in total. The van der Waals surface area contributed by atoms with E-state index >= 15 is 0 Å². The van der Waals surface area contributed by atoms with E-state index in [9.17, 15) is 22.9 Å². The molecule has 49 heavy (non-hydrogen) atoms. The molecule has 1 amide bonds. The zero-order valence-corrected chi connectivity index (χ0v) is 32.9. The molecule has 0 fully saturated rings. The second-order valence-corrected chi connectivity index (χ2v) is 15.8. The Bertz CT molecular complexity index is 914. The summed E-state index contributed by atoms with van der Waals surface area (Å²) in [6.45, 7) is 4.51. The predicted octanol–water partition coefficient (Wildman–Crippen LogP) is 12.1. The van der Waals surface area contributed by atoms with Gasteiger partial charge in [-0.05, 0) is 44.9 Å². The molecule has 2 atom stereocenters. The van der Waals surface area contributed by atoms with Crippen LogP contribution in [0.1, 0.15) is 206 Å². The quantitative estimate of drug-likeness (QED) is 0.0338. The summed E-state index contributed by atoms with van der Waals surface area (Å²) in [6, 6.07) is -1.08. The molecule has 0 aromatic carbocycles. The molecule has 0 aromatic heterocycles. The second-order valence-electron chi connectivity index (χ2n) is 14.3. The summed E-state index contributed by atoms with van der Waals surface area (Å²) >= 11 is 0. The van der Waals surface area contributed by atoms with Crippen LogP contribution >= 0.6 is 0 Å². The van der Waals surface area contributed by atoms with Gasteiger partial charge in [0.2, 0.25) is 5.91 Å². The van der Waals surface area contributed by atoms with Crippen molar-refractivity contribution in [1.82, 2.24) is 5.32 Å². The Kier molecular flexibility index (Phi) is 35.3. The largest absolute Gasteiger partial charge is 0.387 e. The van der Waals surface area contributed by atoms with Crippen LogP contribution in [-0.2, 0) is 14.9 Å². The van der Waals surface area contributed by atoms with Crippen LogP contribution < -0.4 is 5.32 Å². The van der Waals surface area contributed by atoms with Gasteiger partial charge in [0.25, 0.3) is 10.1 Å². The van der Waals surface area contributed by atoms with Crippen LogP contribution in [0.3, 0.4) is 0 Å². The van der Waals surface area contributed by atoms with Crippen LogP contribution in [0.4, 0.5) is 0 Å². The van der Waals surface area contributed by atoms with Gasteiger partial charge in [0.15, 0.2) is 0 Å². The molecule has 0 aliphatic rings. The van der Waals surface area contributed by atoms with E-state index in [4.69, 9.17) is 0 Å². The van der Waals surface area contributed by atoms with Gasteiger partial charge in [-0.2, -0.15) is 8.42 Å². The van der Waals surface area contributed by atoms with Crippen molar-refractivity contribution in [3.05, 3.63) is 36.5 Å². The third-order valence-corrected chi connectivity index (χ3v) is 10.1. The topological polar surface area (TPSA) is 104 Å². The number of unbranched alkanes of at least 4 members (excludes halogenated alkanes) is 25. The maximum Gasteiger partial charge on any atom is 0.267 e. The van der Waals surface area contributed by atoms with Crippen LogP contribution in [0.25, 0.3) is 0 Å². The average molecular weight is 710 g/mol. The summed E-state index contributed by atoms with van der Waals surface area (Å²) in [5, 5.41) is 13.2. The molecule has 0 saturated heterocycles. The third-order valence-electron chi connectivity index (χ3n) is 9.30. The lowest BCUT2D eigenvalue weighted by Gasteiger charge is -2.21. The van der Waals surface area contributed by atoms with Crippen LogP contribution in [0.5, 0.6) is 0 Å². The monoisotopic (exact) mass is 710 g/mol. The number of amides is 1. The maximum atomic E-state index is 12.5. The highest BCUT2D eigenvalue weighted by molar-refractivity contribution is 7.85. The molecule has 0 aromatic rings. The zero-order chi connectivity index (χ0) is 36.1. The molecule has 0 radical (unpaired) electrons. The van der Waals surface area contributed by atoms with Crippen molar-refractivity contribution in [1.29, 1.82) is 0 Å². The Morgan fingerprint density at radius 2 is 0.878 bits per heavy atom. The van der Waals surface area contributed by atoms with E-state index in [-0.39, 0.29) is 12.3 Å². The fourth-order valence-electron chi connectivity index (χ4n) is 6.19. The highest BCUT2D eigenvalue weighted by Crippen LogP contribution is 2.15. The lowest BCUT2D eigenvalue weighted by atomic mass is 10.0. The molecular formula is C42H79NO5S. The lowest BCUT2D eigenvalue weighted by molar-refractivity contribution is -0.122. The Hall–Kier alpha value is -1.44. The third kappa shape index (κ3) is 37.6. The first kappa shape index (κ1) is 47.6. The highest BCUT2D eigenvalue weighted by Gasteiger charge is 2.24. The minimum atomic E-state index is -4.35. The molecule has 7 heteroatoms. The molecule has 0 aliphatic carbocycles. The fraction of sp³-hybridized carbons (Fsp3) is 0.833. The van der Waals surface area contributed by atoms with E-state index in [1.807, 2.05) is 0 Å². The number of aliphatic hydroxyl groups excluding tert-OH is 1. The van der Waals surface area contributed by atoms with Gasteiger partial charge in [-0.25, -0.2) is 0 Å². The van der Waals surface area contributed by atoms with Crippen molar-refractivity contribution < 1.29 is 22.9 Å². The van der Waals surface area contributed by atoms with Gasteiger partial charge in [-0.15, -0.1) is 0 Å². The van der Waals surface area contributed by atoms with Gasteiger partial charge < -0.3 is 10.4 Å². The molecule has 288 valence electrons. The molecule has 0 rings (SSSR count). The molecule has 2 unspecified atom stereocenters. The predicted molar refractivity (Wildman–Crippen MR) is 212 cm³/mol. The van der Waals surface area contributed by atoms with Crippen molar-refractivity contribution in [2.24, 2.45) is 0 Å². The molecule has 0 aliphatic heterocycles. The summed E-state index contributed by atoms with van der Waals surface area (Å²) in [5.74, 6) is -1.00. The van der Waals surface area contributed by atoms with Gasteiger partial charge in [-0.3, -0.25) is 9.35 Å². The summed E-state index contributed by atoms with van der Waals surface area (Å²) in [5.41, 5.74) is 0. The van der Waals surface area contributed by atoms with Crippen molar-refractivity contribution in [2.45, 2.75) is 219 Å². The Balaban J connectivity index is 3.94. The van der Waals surface area contributed by atoms with E-state index in [0.29, 0.717) is 6.42 Å². The summed E-state index contributed by atoms with van der Waals surface area (Å²) in [7, 11) is -4.35. The standard InChI is InChI=1S/C42H79NO5S/c1-3-5-7-9-11-13-15-17-19-20-21-22-24-26-28-30-32-34-36-38-42(45)43-40(39-49(46,47)48)41(44)37-35-33-31-29-27-25-23-18-16-14-12-10-8-6-4-2/h16,18,27,29,35,37,40-41,44H,3-15,17,19-26,28,30-34,36,38-39H2,1-2H3,(H,43,45)(H,46,47,48)/b18-16+,29-27+,37-35+. The van der Waals surface area contributed by atoms with E-state index in [1.165, 1.54) is 147 Å². The Morgan fingerprint density at radius 3 is 1.29 bits per heavy atom. The number of allylic oxidation sites excluding steroid dienone is 5. The Morgan fingerprint density at radius 1 is 0.531 bits per heavy atom. The number of rotatable bonds is 37. The van der Waals surface area contributed by atoms with Crippen molar-refractivity contribution >= 4 is 16.0 Å². The van der Waals surface area contributed by atoms with Crippen LogP contribution in [0, 0.1) is 0 Å². The van der Waals surface area contributed by atoms with Crippen molar-refractivity contribution in [2.75, 3.05) is 5.75 Å². The molecule has 0 spiro atoms. The normalized spacial score (nSPS) is 13.6. The number of nitrogens with one attached hydrogen (secondary N) is 1. The van der Waals surface area contributed by atoms with Gasteiger partial charge in [0.05, 0.1) is 17.9 Å². The fourth-order valence-corrected chi connectivity index (χ4v) is 6.92. The van der Waals surface area contributed by atoms with E-state index < -0.39 is 28.0 Å². The van der Waals surface area contributed by atoms with Gasteiger partial charge in [0.1, 0.15) is 0 Å². The van der Waals surface area contributed by atoms with E-state index in [2.05, 4.69) is 43.5 Å². The van der Waals surface area contributed by atoms with Crippen LogP contribution in [0.15, 0.2) is 36.5 Å². The minimum absolute atomic E-state index is 0.288. The molecule has 6 nitrogen and oxygen atoms in total. The first-order valence-corrected chi connectivity index (χ1v) is 22.3. The maximum absolute atomic E-state index is 12.5. The van der Waals surface area contributed by atoms with E-state index in [1.54, 1.807) is 6.08 Å². The number of carbonyl (C=O) groups is 1. The van der Waals surface area contributed by atoms with Crippen LogP contribution in [0.2, 0.25) is 0 Å². The zero-order valence-electron chi connectivity index (χ0n) is 32.1. The second kappa shape index (κ2) is 36.4. The van der Waals surface area contributed by atoms with Gasteiger partial charge in [0, 0.05) is 6.42 Å². The van der Waals surface area contributed by atoms with Crippen molar-refractivity contribution in [3.63, 3.8) is 0 Å². The summed E-state index contributed by atoms with van der Waals surface area (Å²) < 4.78 is 32.4. The molecule has 0 saturated carbocycles. The van der Waals surface area contributed by atoms with Crippen LogP contribution in [-0.4, -0.2) is 41.9 Å². The van der Waals surface area contributed by atoms with Gasteiger partial charge in [-0.1, -0.05) is 192 Å². The lowest BCUT2D eigenvalue weighted by Crippen LogP contribution is -2.46. The molecule has 0 heterocycles. The average Bonchev–Trinajstić information content (AvgIpc) is 3.06. The number of aliphatic hydroxyl groups is 1. The number of hydrogen-bond donors (Lipinski definition) is 3. The minimum Gasteiger partial charge on any atom is -0.387 e. The van der Waals surface area contributed by atoms with E-state index in [0.717, 1.165) is 38.5 Å². The smallest absolute Gasteiger partial charge is 0.267 e.